The van der Waals surface area contributed by atoms with Gasteiger partial charge in [-0.15, -0.1) is 10.2 Å². The third-order valence-corrected chi connectivity index (χ3v) is 5.67. The number of carbonyl (C=O) groups is 1. The predicted octanol–water partition coefficient (Wildman–Crippen LogP) is 5.06. The van der Waals surface area contributed by atoms with Gasteiger partial charge in [0.2, 0.25) is 5.91 Å². The number of hydrogen-bond acceptors (Lipinski definition) is 5. The lowest BCUT2D eigenvalue weighted by Gasteiger charge is -2.16. The number of benzene rings is 2. The first kappa shape index (κ1) is 22.7. The number of nitrogens with one attached hydrogen (secondary N) is 1. The Balaban J connectivity index is 1.67. The first-order chi connectivity index (χ1) is 14.8. The third-order valence-electron chi connectivity index (χ3n) is 4.70. The summed E-state index contributed by atoms with van der Waals surface area (Å²) in [6, 6.07) is 8.97. The van der Waals surface area contributed by atoms with E-state index in [-0.39, 0.29) is 17.4 Å². The van der Waals surface area contributed by atoms with Crippen molar-refractivity contribution >= 4 is 23.4 Å². The maximum absolute atomic E-state index is 13.9. The highest BCUT2D eigenvalue weighted by Gasteiger charge is 2.21. The normalized spacial score (nSPS) is 11.9. The average Bonchev–Trinajstić information content (AvgIpc) is 3.14. The smallest absolute Gasteiger partial charge is 0.234 e. The number of halogens is 2. The molecule has 1 aromatic heterocycles. The molecular weight excluding hydrogens is 422 g/mol. The number of anilines is 1. The predicted molar refractivity (Wildman–Crippen MR) is 116 cm³/mol. The summed E-state index contributed by atoms with van der Waals surface area (Å²) in [4.78, 5) is 12.5. The topological polar surface area (TPSA) is 69.0 Å². The number of para-hydroxylation sites is 1. The van der Waals surface area contributed by atoms with E-state index < -0.39 is 17.7 Å². The van der Waals surface area contributed by atoms with Gasteiger partial charge in [-0.1, -0.05) is 30.0 Å². The van der Waals surface area contributed by atoms with Gasteiger partial charge >= 0.3 is 0 Å². The lowest BCUT2D eigenvalue weighted by atomic mass is 10.1. The molecule has 0 spiro atoms. The van der Waals surface area contributed by atoms with Crippen LogP contribution in [0.15, 0.2) is 41.6 Å². The number of nitrogens with zero attached hydrogens (tertiary/aromatic N) is 3. The minimum Gasteiger partial charge on any atom is -0.480 e. The molecule has 164 valence electrons. The zero-order chi connectivity index (χ0) is 22.5. The number of aryl methyl sites for hydroxylation is 2. The number of hydrogen-bond donors (Lipinski definition) is 1. The molecule has 1 amide bonds. The fourth-order valence-corrected chi connectivity index (χ4v) is 3.95. The molecule has 3 rings (SSSR count). The molecular formula is C22H24F2N4O2S. The van der Waals surface area contributed by atoms with E-state index >= 15 is 0 Å². The zero-order valence-corrected chi connectivity index (χ0v) is 18.6. The van der Waals surface area contributed by atoms with Crippen molar-refractivity contribution in [2.75, 3.05) is 11.1 Å². The number of carbonyl (C=O) groups excluding carboxylic acids is 1. The van der Waals surface area contributed by atoms with Crippen molar-refractivity contribution in [2.24, 2.45) is 0 Å². The molecule has 0 saturated carbocycles. The van der Waals surface area contributed by atoms with Crippen molar-refractivity contribution in [2.45, 2.75) is 45.5 Å². The van der Waals surface area contributed by atoms with Crippen molar-refractivity contribution in [3.63, 3.8) is 0 Å². The summed E-state index contributed by atoms with van der Waals surface area (Å²) < 4.78 is 34.4. The van der Waals surface area contributed by atoms with Gasteiger partial charge in [0.25, 0.3) is 0 Å². The SMILES string of the molecule is CCn1c(SCC(=O)Nc2c(C)cccc2C)nnc1C(C)Oc1ccc(F)cc1F. The quantitative estimate of drug-likeness (QED) is 0.490. The molecule has 0 aliphatic rings. The Morgan fingerprint density at radius 1 is 1.19 bits per heavy atom. The standard InChI is InChI=1S/C22H24F2N4O2S/c1-5-28-21(15(4)30-18-10-9-16(23)11-17(18)24)26-27-22(28)31-12-19(29)25-20-13(2)7-6-8-14(20)3/h6-11,15H,5,12H2,1-4H3,(H,25,29). The highest BCUT2D eigenvalue weighted by molar-refractivity contribution is 7.99. The lowest BCUT2D eigenvalue weighted by molar-refractivity contribution is -0.113. The number of amides is 1. The first-order valence-electron chi connectivity index (χ1n) is 9.83. The fourth-order valence-electron chi connectivity index (χ4n) is 3.14. The van der Waals surface area contributed by atoms with E-state index in [1.165, 1.54) is 17.8 Å². The molecule has 0 radical (unpaired) electrons. The molecule has 0 aliphatic carbocycles. The number of rotatable bonds is 8. The van der Waals surface area contributed by atoms with Crippen LogP contribution in [-0.2, 0) is 11.3 Å². The molecule has 0 aliphatic heterocycles. The van der Waals surface area contributed by atoms with Crippen molar-refractivity contribution in [3.8, 4) is 5.75 Å². The molecule has 2 aromatic carbocycles. The van der Waals surface area contributed by atoms with Crippen molar-refractivity contribution in [1.29, 1.82) is 0 Å². The van der Waals surface area contributed by atoms with Gasteiger partial charge < -0.3 is 14.6 Å². The molecule has 3 aromatic rings. The van der Waals surface area contributed by atoms with E-state index in [2.05, 4.69) is 15.5 Å². The Bertz CT molecular complexity index is 1070. The van der Waals surface area contributed by atoms with E-state index in [1.54, 1.807) is 6.92 Å². The Morgan fingerprint density at radius 3 is 2.55 bits per heavy atom. The highest BCUT2D eigenvalue weighted by atomic mass is 32.2. The monoisotopic (exact) mass is 446 g/mol. The summed E-state index contributed by atoms with van der Waals surface area (Å²) in [6.45, 7) is 8.06. The first-order valence-corrected chi connectivity index (χ1v) is 10.8. The van der Waals surface area contributed by atoms with Crippen LogP contribution in [0.25, 0.3) is 0 Å². The Hall–Kier alpha value is -2.94. The van der Waals surface area contributed by atoms with Crippen LogP contribution in [0.5, 0.6) is 5.75 Å². The molecule has 0 bridgehead atoms. The third kappa shape index (κ3) is 5.41. The van der Waals surface area contributed by atoms with Gasteiger partial charge in [0.15, 0.2) is 28.7 Å². The minimum atomic E-state index is -0.785. The van der Waals surface area contributed by atoms with E-state index in [9.17, 15) is 13.6 Å². The molecule has 1 heterocycles. The van der Waals surface area contributed by atoms with E-state index in [4.69, 9.17) is 4.74 Å². The Kier molecular flexibility index (Phi) is 7.27. The Labute approximate surface area is 184 Å². The van der Waals surface area contributed by atoms with Crippen LogP contribution in [0, 0.1) is 25.5 Å². The molecule has 1 atom stereocenters. The van der Waals surface area contributed by atoms with Crippen LogP contribution < -0.4 is 10.1 Å². The van der Waals surface area contributed by atoms with Gasteiger partial charge in [0.05, 0.1) is 5.75 Å². The molecule has 6 nitrogen and oxygen atoms in total. The van der Waals surface area contributed by atoms with Crippen LogP contribution in [0.2, 0.25) is 0 Å². The van der Waals surface area contributed by atoms with E-state index in [1.807, 2.05) is 43.5 Å². The summed E-state index contributed by atoms with van der Waals surface area (Å²) in [6.07, 6.45) is -0.620. The molecule has 9 heteroatoms. The van der Waals surface area contributed by atoms with Crippen molar-refractivity contribution in [3.05, 3.63) is 65.0 Å². The molecule has 31 heavy (non-hydrogen) atoms. The maximum Gasteiger partial charge on any atom is 0.234 e. The van der Waals surface area contributed by atoms with Crippen LogP contribution in [0.4, 0.5) is 14.5 Å². The van der Waals surface area contributed by atoms with Crippen LogP contribution in [0.1, 0.15) is 36.9 Å². The van der Waals surface area contributed by atoms with Gasteiger partial charge in [-0.2, -0.15) is 0 Å². The second kappa shape index (κ2) is 9.91. The lowest BCUT2D eigenvalue weighted by Crippen LogP contribution is -2.16. The highest BCUT2D eigenvalue weighted by Crippen LogP contribution is 2.27. The minimum absolute atomic E-state index is 0.0678. The van der Waals surface area contributed by atoms with Crippen molar-refractivity contribution < 1.29 is 18.3 Å². The van der Waals surface area contributed by atoms with E-state index in [0.717, 1.165) is 28.9 Å². The zero-order valence-electron chi connectivity index (χ0n) is 17.8. The second-order valence-corrected chi connectivity index (χ2v) is 7.97. The Morgan fingerprint density at radius 2 is 1.90 bits per heavy atom. The molecule has 1 N–H and O–H groups in total. The summed E-state index contributed by atoms with van der Waals surface area (Å²) in [5.41, 5.74) is 2.81. The molecule has 0 fully saturated rings. The number of aromatic nitrogens is 3. The average molecular weight is 447 g/mol. The van der Waals surface area contributed by atoms with Gasteiger partial charge in [-0.05, 0) is 51.0 Å². The summed E-state index contributed by atoms with van der Waals surface area (Å²) in [7, 11) is 0. The summed E-state index contributed by atoms with van der Waals surface area (Å²) >= 11 is 1.26. The van der Waals surface area contributed by atoms with Crippen LogP contribution in [-0.4, -0.2) is 26.4 Å². The van der Waals surface area contributed by atoms with Crippen molar-refractivity contribution in [1.82, 2.24) is 14.8 Å². The summed E-state index contributed by atoms with van der Waals surface area (Å²) in [5.74, 6) is -1.02. The molecule has 1 unspecified atom stereocenters. The van der Waals surface area contributed by atoms with Gasteiger partial charge in [-0.3, -0.25) is 4.79 Å². The second-order valence-electron chi connectivity index (χ2n) is 7.02. The van der Waals surface area contributed by atoms with E-state index in [0.29, 0.717) is 17.5 Å². The summed E-state index contributed by atoms with van der Waals surface area (Å²) in [5, 5.41) is 11.8. The van der Waals surface area contributed by atoms with Gasteiger partial charge in [0.1, 0.15) is 5.82 Å². The fraction of sp³-hybridized carbons (Fsp3) is 0.318. The van der Waals surface area contributed by atoms with Crippen LogP contribution in [0.3, 0.4) is 0 Å². The largest absolute Gasteiger partial charge is 0.480 e. The van der Waals surface area contributed by atoms with Gasteiger partial charge in [0, 0.05) is 18.3 Å². The van der Waals surface area contributed by atoms with Gasteiger partial charge in [-0.25, -0.2) is 8.78 Å². The van der Waals surface area contributed by atoms with Crippen LogP contribution >= 0.6 is 11.8 Å². The number of ether oxygens (including phenoxy) is 1. The maximum atomic E-state index is 13.9. The molecule has 0 saturated heterocycles. The number of thioether (sulfide) groups is 1.